The van der Waals surface area contributed by atoms with Gasteiger partial charge < -0.3 is 14.8 Å². The lowest BCUT2D eigenvalue weighted by molar-refractivity contribution is -0.134. The normalized spacial score (nSPS) is 20.3. The molecule has 2 heterocycles. The van der Waals surface area contributed by atoms with Crippen LogP contribution in [-0.4, -0.2) is 30.1 Å². The zero-order valence-corrected chi connectivity index (χ0v) is 17.3. The van der Waals surface area contributed by atoms with E-state index >= 15 is 0 Å². The number of fused-ring (bicyclic) bond motifs is 2. The molecule has 1 aliphatic carbocycles. The summed E-state index contributed by atoms with van der Waals surface area (Å²) >= 11 is 1.42. The molecule has 6 nitrogen and oxygen atoms in total. The van der Waals surface area contributed by atoms with Crippen LogP contribution in [0.5, 0.6) is 0 Å². The number of hydrogen-bond acceptors (Lipinski definition) is 6. The molecule has 29 heavy (non-hydrogen) atoms. The first-order chi connectivity index (χ1) is 13.9. The molecule has 0 radical (unpaired) electrons. The van der Waals surface area contributed by atoms with E-state index < -0.39 is 23.4 Å². The molecule has 1 N–H and O–H groups in total. The van der Waals surface area contributed by atoms with E-state index in [1.54, 1.807) is 26.0 Å². The summed E-state index contributed by atoms with van der Waals surface area (Å²) < 4.78 is 10.8. The Kier molecular flexibility index (Phi) is 5.17. The molecular formula is C22H23NO5S. The molecule has 1 aliphatic heterocycles. The van der Waals surface area contributed by atoms with Crippen LogP contribution in [0, 0.1) is 0 Å². The van der Waals surface area contributed by atoms with Crippen LogP contribution in [0.1, 0.15) is 63.4 Å². The Bertz CT molecular complexity index is 995. The van der Waals surface area contributed by atoms with Crippen molar-refractivity contribution in [2.45, 2.75) is 51.6 Å². The minimum Gasteiger partial charge on any atom is -0.462 e. The van der Waals surface area contributed by atoms with Gasteiger partial charge in [-0.3, -0.25) is 4.79 Å². The number of nitrogens with one attached hydrogen (secondary N) is 1. The van der Waals surface area contributed by atoms with Crippen molar-refractivity contribution < 1.29 is 23.9 Å². The van der Waals surface area contributed by atoms with Gasteiger partial charge >= 0.3 is 11.9 Å². The van der Waals surface area contributed by atoms with Crippen LogP contribution in [-0.2, 0) is 33.5 Å². The fourth-order valence-corrected chi connectivity index (χ4v) is 5.24. The summed E-state index contributed by atoms with van der Waals surface area (Å²) in [6, 6.07) is 7.13. The number of anilines is 1. The molecular weight excluding hydrogens is 390 g/mol. The number of esters is 2. The summed E-state index contributed by atoms with van der Waals surface area (Å²) in [5.41, 5.74) is 1.34. The van der Waals surface area contributed by atoms with Crippen molar-refractivity contribution >= 4 is 34.2 Å². The molecule has 1 aromatic carbocycles. The average Bonchev–Trinajstić information content (AvgIpc) is 3.06. The Morgan fingerprint density at radius 2 is 2.00 bits per heavy atom. The van der Waals surface area contributed by atoms with Crippen molar-refractivity contribution in [1.82, 2.24) is 0 Å². The Morgan fingerprint density at radius 3 is 2.79 bits per heavy atom. The van der Waals surface area contributed by atoms with Crippen molar-refractivity contribution in [1.29, 1.82) is 0 Å². The Labute approximate surface area is 173 Å². The second-order valence-corrected chi connectivity index (χ2v) is 8.65. The first kappa shape index (κ1) is 19.6. The molecule has 0 saturated carbocycles. The van der Waals surface area contributed by atoms with Gasteiger partial charge in [0.1, 0.15) is 5.00 Å². The van der Waals surface area contributed by atoms with Gasteiger partial charge in [-0.05, 0) is 56.7 Å². The van der Waals surface area contributed by atoms with Crippen molar-refractivity contribution in [2.75, 3.05) is 11.9 Å². The van der Waals surface area contributed by atoms with E-state index in [1.807, 2.05) is 12.1 Å². The highest BCUT2D eigenvalue weighted by Gasteiger charge is 2.43. The fraction of sp³-hybridized carbons (Fsp3) is 0.409. The fourth-order valence-electron chi connectivity index (χ4n) is 3.97. The molecule has 1 aromatic heterocycles. The average molecular weight is 413 g/mol. The van der Waals surface area contributed by atoms with Crippen LogP contribution in [0.2, 0.25) is 0 Å². The maximum atomic E-state index is 13.2. The maximum Gasteiger partial charge on any atom is 0.341 e. The lowest BCUT2D eigenvalue weighted by atomic mass is 9.89. The topological polar surface area (TPSA) is 81.7 Å². The van der Waals surface area contributed by atoms with Gasteiger partial charge in [0.05, 0.1) is 17.7 Å². The van der Waals surface area contributed by atoms with Gasteiger partial charge in [-0.15, -0.1) is 11.3 Å². The van der Waals surface area contributed by atoms with Crippen LogP contribution >= 0.6 is 11.3 Å². The van der Waals surface area contributed by atoms with E-state index in [9.17, 15) is 14.4 Å². The van der Waals surface area contributed by atoms with Crippen LogP contribution in [0.25, 0.3) is 0 Å². The summed E-state index contributed by atoms with van der Waals surface area (Å²) in [6.45, 7) is 3.63. The van der Waals surface area contributed by atoms with Gasteiger partial charge in [0.15, 0.2) is 5.60 Å². The van der Waals surface area contributed by atoms with Gasteiger partial charge in [-0.2, -0.15) is 0 Å². The molecule has 1 amide bonds. The number of carbonyl (C=O) groups is 3. The van der Waals surface area contributed by atoms with Gasteiger partial charge in [0.25, 0.3) is 5.91 Å². The number of benzene rings is 1. The molecule has 0 spiro atoms. The first-order valence-corrected chi connectivity index (χ1v) is 10.7. The minimum absolute atomic E-state index is 0.267. The highest BCUT2D eigenvalue weighted by Crippen LogP contribution is 2.39. The predicted octanol–water partition coefficient (Wildman–Crippen LogP) is 3.91. The largest absolute Gasteiger partial charge is 0.462 e. The van der Waals surface area contributed by atoms with E-state index in [2.05, 4.69) is 5.32 Å². The molecule has 0 fully saturated rings. The molecule has 0 bridgehead atoms. The van der Waals surface area contributed by atoms with Crippen molar-refractivity contribution in [2.24, 2.45) is 0 Å². The minimum atomic E-state index is -1.35. The Balaban J connectivity index is 1.64. The van der Waals surface area contributed by atoms with Gasteiger partial charge in [0, 0.05) is 11.3 Å². The smallest absolute Gasteiger partial charge is 0.341 e. The van der Waals surface area contributed by atoms with Crippen molar-refractivity contribution in [3.63, 3.8) is 0 Å². The van der Waals surface area contributed by atoms with Crippen molar-refractivity contribution in [3.05, 3.63) is 51.4 Å². The van der Waals surface area contributed by atoms with Gasteiger partial charge in [-0.25, -0.2) is 9.59 Å². The molecule has 2 aromatic rings. The van der Waals surface area contributed by atoms with Crippen LogP contribution in [0.4, 0.5) is 5.00 Å². The van der Waals surface area contributed by atoms with Gasteiger partial charge in [-0.1, -0.05) is 18.2 Å². The molecule has 1 atom stereocenters. The second kappa shape index (κ2) is 7.63. The van der Waals surface area contributed by atoms with Crippen LogP contribution in [0.3, 0.4) is 0 Å². The lowest BCUT2D eigenvalue weighted by Crippen LogP contribution is -2.48. The summed E-state index contributed by atoms with van der Waals surface area (Å²) in [5.74, 6) is -1.37. The molecule has 4 rings (SSSR count). The Morgan fingerprint density at radius 1 is 1.24 bits per heavy atom. The summed E-state index contributed by atoms with van der Waals surface area (Å²) in [5, 5.41) is 3.35. The number of carbonyl (C=O) groups excluding carboxylic acids is 3. The number of ether oxygens (including phenoxy) is 2. The lowest BCUT2D eigenvalue weighted by Gasteiger charge is -2.32. The predicted molar refractivity (Wildman–Crippen MR) is 110 cm³/mol. The monoisotopic (exact) mass is 413 g/mol. The summed E-state index contributed by atoms with van der Waals surface area (Å²) in [4.78, 5) is 39.3. The summed E-state index contributed by atoms with van der Waals surface area (Å²) in [6.07, 6.45) is 4.04. The Hall–Kier alpha value is -2.67. The molecule has 7 heteroatoms. The van der Waals surface area contributed by atoms with E-state index in [1.165, 1.54) is 11.3 Å². The van der Waals surface area contributed by atoms with Crippen LogP contribution < -0.4 is 5.32 Å². The number of hydrogen-bond donors (Lipinski definition) is 1. The highest BCUT2D eigenvalue weighted by molar-refractivity contribution is 7.17. The van der Waals surface area contributed by atoms with E-state index in [0.29, 0.717) is 16.1 Å². The molecule has 0 unspecified atom stereocenters. The maximum absolute atomic E-state index is 13.2. The third-order valence-corrected chi connectivity index (χ3v) is 6.65. The number of aryl methyl sites for hydroxylation is 1. The van der Waals surface area contributed by atoms with E-state index in [4.69, 9.17) is 9.47 Å². The second-order valence-electron chi connectivity index (χ2n) is 7.54. The molecule has 2 aliphatic rings. The highest BCUT2D eigenvalue weighted by atomic mass is 32.1. The third-order valence-electron chi connectivity index (χ3n) is 5.44. The number of cyclic esters (lactones) is 1. The van der Waals surface area contributed by atoms with Gasteiger partial charge in [0.2, 0.25) is 0 Å². The molecule has 0 saturated heterocycles. The number of amides is 1. The number of rotatable bonds is 4. The third kappa shape index (κ3) is 3.55. The van der Waals surface area contributed by atoms with E-state index in [-0.39, 0.29) is 13.0 Å². The zero-order chi connectivity index (χ0) is 20.6. The molecule has 152 valence electrons. The quantitative estimate of drug-likeness (QED) is 0.769. The standard InChI is InChI=1S/C22H23NO5S/c1-3-27-20(25)17-15-10-6-7-11-16(15)29-18(17)23-21(26)22(2)12-13-8-4-5-9-14(13)19(24)28-22/h4-5,8-9H,3,6-7,10-12H2,1-2H3,(H,23,26)/t22-/m1/s1. The number of thiophene rings is 1. The zero-order valence-electron chi connectivity index (χ0n) is 16.5. The van der Waals surface area contributed by atoms with Crippen LogP contribution in [0.15, 0.2) is 24.3 Å². The van der Waals surface area contributed by atoms with Crippen molar-refractivity contribution in [3.8, 4) is 0 Å². The first-order valence-electron chi connectivity index (χ1n) is 9.87. The van der Waals surface area contributed by atoms with E-state index in [0.717, 1.165) is 41.7 Å². The SMILES string of the molecule is CCOC(=O)c1c(NC(=O)[C@@]2(C)Cc3ccccc3C(=O)O2)sc2c1CCCC2. The summed E-state index contributed by atoms with van der Waals surface area (Å²) in [7, 11) is 0.